The van der Waals surface area contributed by atoms with Gasteiger partial charge >= 0.3 is 0 Å². The normalized spacial score (nSPS) is 15.6. The van der Waals surface area contributed by atoms with Gasteiger partial charge in [0.25, 0.3) is 0 Å². The summed E-state index contributed by atoms with van der Waals surface area (Å²) >= 11 is 1.70. The first-order valence-electron chi connectivity index (χ1n) is 5.66. The molecule has 2 aromatic heterocycles. The molecule has 4 heteroatoms. The zero-order chi connectivity index (χ0) is 11.0. The Kier molecular flexibility index (Phi) is 2.53. The second-order valence-electron chi connectivity index (χ2n) is 4.36. The molecule has 2 aromatic rings. The molecule has 0 aliphatic heterocycles. The zero-order valence-electron chi connectivity index (χ0n) is 9.10. The highest BCUT2D eigenvalue weighted by molar-refractivity contribution is 7.08. The van der Waals surface area contributed by atoms with Gasteiger partial charge in [0.05, 0.1) is 11.4 Å². The number of nitrogens with zero attached hydrogens (tertiary/aromatic N) is 2. The van der Waals surface area contributed by atoms with Crippen LogP contribution >= 0.6 is 11.3 Å². The smallest absolute Gasteiger partial charge is 0.0934 e. The van der Waals surface area contributed by atoms with Gasteiger partial charge in [-0.3, -0.25) is 4.68 Å². The SMILES string of the molecule is NCc1cc(-c2ccsc2)nn1CC1CC1. The minimum absolute atomic E-state index is 0.573. The topological polar surface area (TPSA) is 43.8 Å². The third-order valence-corrected chi connectivity index (χ3v) is 3.70. The molecule has 0 amide bonds. The summed E-state index contributed by atoms with van der Waals surface area (Å²) in [4.78, 5) is 0. The van der Waals surface area contributed by atoms with E-state index in [1.807, 2.05) is 0 Å². The van der Waals surface area contributed by atoms with Crippen LogP contribution < -0.4 is 5.73 Å². The highest BCUT2D eigenvalue weighted by Crippen LogP contribution is 2.31. The zero-order valence-corrected chi connectivity index (χ0v) is 9.91. The summed E-state index contributed by atoms with van der Waals surface area (Å²) in [5.41, 5.74) is 9.16. The van der Waals surface area contributed by atoms with Gasteiger partial charge < -0.3 is 5.73 Å². The second kappa shape index (κ2) is 4.03. The van der Waals surface area contributed by atoms with Crippen LogP contribution in [-0.2, 0) is 13.1 Å². The lowest BCUT2D eigenvalue weighted by molar-refractivity contribution is 0.541. The lowest BCUT2D eigenvalue weighted by Crippen LogP contribution is -2.09. The molecule has 0 atom stereocenters. The Morgan fingerprint density at radius 2 is 2.38 bits per heavy atom. The summed E-state index contributed by atoms with van der Waals surface area (Å²) in [6.07, 6.45) is 2.69. The summed E-state index contributed by atoms with van der Waals surface area (Å²) in [6.45, 7) is 1.61. The van der Waals surface area contributed by atoms with Gasteiger partial charge in [-0.2, -0.15) is 16.4 Å². The average molecular weight is 233 g/mol. The molecule has 0 saturated heterocycles. The number of hydrogen-bond donors (Lipinski definition) is 1. The minimum Gasteiger partial charge on any atom is -0.325 e. The van der Waals surface area contributed by atoms with E-state index in [4.69, 9.17) is 5.73 Å². The highest BCUT2D eigenvalue weighted by atomic mass is 32.1. The van der Waals surface area contributed by atoms with E-state index in [1.165, 1.54) is 18.4 Å². The van der Waals surface area contributed by atoms with Crippen molar-refractivity contribution in [2.45, 2.75) is 25.9 Å². The molecule has 1 saturated carbocycles. The third kappa shape index (κ3) is 1.90. The van der Waals surface area contributed by atoms with Crippen LogP contribution in [0.1, 0.15) is 18.5 Å². The molecular formula is C12H15N3S. The molecule has 0 bridgehead atoms. The summed E-state index contributed by atoms with van der Waals surface area (Å²) in [6, 6.07) is 4.22. The quantitative estimate of drug-likeness (QED) is 0.881. The van der Waals surface area contributed by atoms with Gasteiger partial charge in [0.1, 0.15) is 0 Å². The molecule has 0 spiro atoms. The maximum atomic E-state index is 5.76. The minimum atomic E-state index is 0.573. The van der Waals surface area contributed by atoms with Gasteiger partial charge in [0, 0.05) is 24.0 Å². The molecule has 2 heterocycles. The van der Waals surface area contributed by atoms with Crippen molar-refractivity contribution < 1.29 is 0 Å². The Hall–Kier alpha value is -1.13. The van der Waals surface area contributed by atoms with Crippen molar-refractivity contribution in [1.82, 2.24) is 9.78 Å². The number of rotatable bonds is 4. The monoisotopic (exact) mass is 233 g/mol. The average Bonchev–Trinajstić information content (AvgIpc) is 2.83. The van der Waals surface area contributed by atoms with Crippen molar-refractivity contribution in [1.29, 1.82) is 0 Å². The maximum absolute atomic E-state index is 5.76. The molecular weight excluding hydrogens is 218 g/mol. The van der Waals surface area contributed by atoms with Crippen LogP contribution in [0, 0.1) is 5.92 Å². The third-order valence-electron chi connectivity index (χ3n) is 3.02. The van der Waals surface area contributed by atoms with E-state index >= 15 is 0 Å². The van der Waals surface area contributed by atoms with Crippen molar-refractivity contribution in [2.24, 2.45) is 11.7 Å². The first kappa shape index (κ1) is 10.1. The first-order chi connectivity index (χ1) is 7.86. The Morgan fingerprint density at radius 3 is 3.00 bits per heavy atom. The fourth-order valence-electron chi connectivity index (χ4n) is 1.87. The summed E-state index contributed by atoms with van der Waals surface area (Å²) in [5, 5.41) is 8.86. The van der Waals surface area contributed by atoms with E-state index in [2.05, 4.69) is 32.7 Å². The maximum Gasteiger partial charge on any atom is 0.0934 e. The van der Waals surface area contributed by atoms with Gasteiger partial charge in [0.15, 0.2) is 0 Å². The molecule has 0 unspecified atom stereocenters. The van der Waals surface area contributed by atoms with Crippen molar-refractivity contribution >= 4 is 11.3 Å². The fourth-order valence-corrected chi connectivity index (χ4v) is 2.52. The predicted molar refractivity (Wildman–Crippen MR) is 66.2 cm³/mol. The second-order valence-corrected chi connectivity index (χ2v) is 5.14. The summed E-state index contributed by atoms with van der Waals surface area (Å²) in [7, 11) is 0. The van der Waals surface area contributed by atoms with Crippen LogP contribution in [0.3, 0.4) is 0 Å². The van der Waals surface area contributed by atoms with Crippen molar-refractivity contribution in [3.05, 3.63) is 28.6 Å². The van der Waals surface area contributed by atoms with E-state index in [9.17, 15) is 0 Å². The largest absolute Gasteiger partial charge is 0.325 e. The van der Waals surface area contributed by atoms with Crippen LogP contribution in [0.25, 0.3) is 11.3 Å². The Balaban J connectivity index is 1.91. The molecule has 84 valence electrons. The number of thiophene rings is 1. The van der Waals surface area contributed by atoms with Gasteiger partial charge in [-0.25, -0.2) is 0 Å². The molecule has 3 nitrogen and oxygen atoms in total. The lowest BCUT2D eigenvalue weighted by Gasteiger charge is -2.03. The summed E-state index contributed by atoms with van der Waals surface area (Å²) in [5.74, 6) is 0.834. The van der Waals surface area contributed by atoms with Crippen LogP contribution in [0.4, 0.5) is 0 Å². The fraction of sp³-hybridized carbons (Fsp3) is 0.417. The van der Waals surface area contributed by atoms with E-state index in [1.54, 1.807) is 11.3 Å². The van der Waals surface area contributed by atoms with Gasteiger partial charge in [0.2, 0.25) is 0 Å². The van der Waals surface area contributed by atoms with E-state index in [-0.39, 0.29) is 0 Å². The standard InChI is InChI=1S/C12H15N3S/c13-6-11-5-12(10-3-4-16-8-10)14-15(11)7-9-1-2-9/h3-5,8-9H,1-2,6-7,13H2. The molecule has 1 aliphatic carbocycles. The number of hydrogen-bond acceptors (Lipinski definition) is 3. The van der Waals surface area contributed by atoms with Crippen LogP contribution in [0.15, 0.2) is 22.9 Å². The lowest BCUT2D eigenvalue weighted by atomic mass is 10.2. The van der Waals surface area contributed by atoms with Crippen LogP contribution in [0.5, 0.6) is 0 Å². The Morgan fingerprint density at radius 1 is 1.50 bits per heavy atom. The highest BCUT2D eigenvalue weighted by Gasteiger charge is 2.23. The molecule has 16 heavy (non-hydrogen) atoms. The first-order valence-corrected chi connectivity index (χ1v) is 6.60. The van der Waals surface area contributed by atoms with E-state index in [0.717, 1.165) is 23.9 Å². The van der Waals surface area contributed by atoms with Crippen LogP contribution in [0.2, 0.25) is 0 Å². The van der Waals surface area contributed by atoms with Crippen LogP contribution in [-0.4, -0.2) is 9.78 Å². The van der Waals surface area contributed by atoms with E-state index in [0.29, 0.717) is 6.54 Å². The molecule has 2 N–H and O–H groups in total. The van der Waals surface area contributed by atoms with Gasteiger partial charge in [-0.05, 0) is 36.3 Å². The van der Waals surface area contributed by atoms with Gasteiger partial charge in [-0.15, -0.1) is 0 Å². The van der Waals surface area contributed by atoms with Gasteiger partial charge in [-0.1, -0.05) is 0 Å². The molecule has 1 aliphatic rings. The molecule has 0 radical (unpaired) electrons. The Bertz CT molecular complexity index is 468. The summed E-state index contributed by atoms with van der Waals surface area (Å²) < 4.78 is 2.09. The van der Waals surface area contributed by atoms with Crippen molar-refractivity contribution in [3.63, 3.8) is 0 Å². The molecule has 3 rings (SSSR count). The number of nitrogens with two attached hydrogens (primary N) is 1. The Labute approximate surface area is 98.9 Å². The predicted octanol–water partition coefficient (Wildman–Crippen LogP) is 2.48. The van der Waals surface area contributed by atoms with E-state index < -0.39 is 0 Å². The van der Waals surface area contributed by atoms with Crippen molar-refractivity contribution in [2.75, 3.05) is 0 Å². The van der Waals surface area contributed by atoms with Crippen molar-refractivity contribution in [3.8, 4) is 11.3 Å². The molecule has 0 aromatic carbocycles. The number of aromatic nitrogens is 2. The molecule has 1 fully saturated rings.